The predicted octanol–water partition coefficient (Wildman–Crippen LogP) is 4.64. The zero-order valence-electron chi connectivity index (χ0n) is 22.0. The third-order valence-corrected chi connectivity index (χ3v) is 7.04. The SMILES string of the molecule is C/C=C(\C(=NC)OCC)c1ccc2c(n1)C(=O)NCC21CCN(c2nccc(OCC)c2C(F)(F)F)CC1. The van der Waals surface area contributed by atoms with Crippen LogP contribution in [-0.4, -0.2) is 61.7 Å². The first kappa shape index (κ1) is 27.4. The molecule has 0 aliphatic carbocycles. The van der Waals surface area contributed by atoms with Gasteiger partial charge in [-0.1, -0.05) is 12.1 Å². The lowest BCUT2D eigenvalue weighted by Crippen LogP contribution is -2.53. The molecule has 4 rings (SSSR count). The summed E-state index contributed by atoms with van der Waals surface area (Å²) in [6.45, 7) is 6.97. The van der Waals surface area contributed by atoms with Crippen molar-refractivity contribution in [2.24, 2.45) is 4.99 Å². The van der Waals surface area contributed by atoms with Crippen molar-refractivity contribution < 1.29 is 27.4 Å². The van der Waals surface area contributed by atoms with Crippen LogP contribution in [0.4, 0.5) is 19.0 Å². The summed E-state index contributed by atoms with van der Waals surface area (Å²) in [6.07, 6.45) is -0.381. The fraction of sp³-hybridized carbons (Fsp3) is 0.481. The summed E-state index contributed by atoms with van der Waals surface area (Å²) in [5.41, 5.74) is 1.07. The molecular formula is C27H32F3N5O3. The van der Waals surface area contributed by atoms with Gasteiger partial charge in [-0.05, 0) is 51.3 Å². The van der Waals surface area contributed by atoms with Gasteiger partial charge in [0.15, 0.2) is 0 Å². The number of allylic oxidation sites excluding steroid dienone is 1. The molecule has 11 heteroatoms. The number of aromatic nitrogens is 2. The second-order valence-electron chi connectivity index (χ2n) is 9.15. The van der Waals surface area contributed by atoms with Gasteiger partial charge in [0.25, 0.3) is 5.91 Å². The maximum atomic E-state index is 14.0. The van der Waals surface area contributed by atoms with Gasteiger partial charge in [-0.15, -0.1) is 0 Å². The Hall–Kier alpha value is -3.63. The number of fused-ring (bicyclic) bond motifs is 2. The third kappa shape index (κ3) is 5.06. The molecule has 0 bridgehead atoms. The number of halogens is 3. The van der Waals surface area contributed by atoms with Crippen molar-refractivity contribution in [2.45, 2.75) is 45.2 Å². The highest BCUT2D eigenvalue weighted by molar-refractivity contribution is 6.19. The minimum Gasteiger partial charge on any atom is -0.493 e. The van der Waals surface area contributed by atoms with Crippen molar-refractivity contribution in [1.82, 2.24) is 15.3 Å². The van der Waals surface area contributed by atoms with Gasteiger partial charge in [-0.2, -0.15) is 13.2 Å². The lowest BCUT2D eigenvalue weighted by molar-refractivity contribution is -0.138. The summed E-state index contributed by atoms with van der Waals surface area (Å²) in [5.74, 6) is -0.197. The van der Waals surface area contributed by atoms with Crippen molar-refractivity contribution in [3.63, 3.8) is 0 Å². The number of nitrogens with one attached hydrogen (secondary N) is 1. The van der Waals surface area contributed by atoms with E-state index < -0.39 is 17.2 Å². The first-order valence-electron chi connectivity index (χ1n) is 12.7. The van der Waals surface area contributed by atoms with E-state index >= 15 is 0 Å². The average Bonchev–Trinajstić information content (AvgIpc) is 2.91. The lowest BCUT2D eigenvalue weighted by Gasteiger charge is -2.45. The first-order chi connectivity index (χ1) is 18.2. The number of amides is 1. The highest BCUT2D eigenvalue weighted by Gasteiger charge is 2.45. The number of piperidine rings is 1. The summed E-state index contributed by atoms with van der Waals surface area (Å²) < 4.78 is 53.0. The molecule has 1 spiro atoms. The fourth-order valence-corrected chi connectivity index (χ4v) is 5.23. The number of hydrogen-bond acceptors (Lipinski definition) is 7. The maximum Gasteiger partial charge on any atom is 0.423 e. The monoisotopic (exact) mass is 531 g/mol. The van der Waals surface area contributed by atoms with Crippen LogP contribution in [0.25, 0.3) is 5.57 Å². The normalized spacial score (nSPS) is 17.8. The molecule has 0 saturated carbocycles. The highest BCUT2D eigenvalue weighted by atomic mass is 19.4. The Morgan fingerprint density at radius 2 is 1.95 bits per heavy atom. The van der Waals surface area contributed by atoms with Crippen LogP contribution in [0.1, 0.15) is 60.9 Å². The molecule has 0 unspecified atom stereocenters. The highest BCUT2D eigenvalue weighted by Crippen LogP contribution is 2.45. The molecule has 204 valence electrons. The second kappa shape index (κ2) is 11.0. The van der Waals surface area contributed by atoms with Gasteiger partial charge in [0.2, 0.25) is 5.90 Å². The Morgan fingerprint density at radius 3 is 2.55 bits per heavy atom. The number of rotatable bonds is 6. The molecule has 2 aromatic rings. The molecule has 2 aromatic heterocycles. The Balaban J connectivity index is 1.65. The van der Waals surface area contributed by atoms with Gasteiger partial charge < -0.3 is 19.7 Å². The number of anilines is 1. The van der Waals surface area contributed by atoms with E-state index in [9.17, 15) is 18.0 Å². The van der Waals surface area contributed by atoms with Gasteiger partial charge in [-0.3, -0.25) is 9.79 Å². The zero-order chi connectivity index (χ0) is 27.5. The van der Waals surface area contributed by atoms with E-state index in [2.05, 4.69) is 20.3 Å². The molecule has 0 aromatic carbocycles. The predicted molar refractivity (Wildman–Crippen MR) is 139 cm³/mol. The minimum atomic E-state index is -4.61. The quantitative estimate of drug-likeness (QED) is 0.432. The maximum absolute atomic E-state index is 14.0. The minimum absolute atomic E-state index is 0.117. The first-order valence-corrected chi connectivity index (χ1v) is 12.7. The standard InChI is InChI=1S/C27H32F3N5O3/c1-5-17(25(31-4)38-7-3)19-9-8-18-22(34-19)24(36)33-16-26(18)11-14-35(15-12-26)23-21(27(28,29)30)20(37-6-2)10-13-32-23/h5,8-10,13H,6-7,11-12,14-16H2,1-4H3,(H,33,36)/b17-5-,31-25?. The van der Waals surface area contributed by atoms with Gasteiger partial charge in [0.05, 0.1) is 24.5 Å². The van der Waals surface area contributed by atoms with E-state index in [0.717, 1.165) is 5.56 Å². The molecule has 2 aliphatic rings. The third-order valence-electron chi connectivity index (χ3n) is 7.04. The van der Waals surface area contributed by atoms with Crippen LogP contribution in [-0.2, 0) is 16.3 Å². The molecule has 0 radical (unpaired) electrons. The number of hydrogen-bond donors (Lipinski definition) is 1. The van der Waals surface area contributed by atoms with Crippen LogP contribution in [0.3, 0.4) is 0 Å². The van der Waals surface area contributed by atoms with Crippen LogP contribution < -0.4 is 15.0 Å². The molecular weight excluding hydrogens is 499 g/mol. The lowest BCUT2D eigenvalue weighted by atomic mass is 9.70. The molecule has 38 heavy (non-hydrogen) atoms. The number of ether oxygens (including phenoxy) is 2. The fourth-order valence-electron chi connectivity index (χ4n) is 5.23. The Morgan fingerprint density at radius 1 is 1.21 bits per heavy atom. The van der Waals surface area contributed by atoms with E-state index in [1.165, 1.54) is 12.3 Å². The molecule has 1 saturated heterocycles. The number of carbonyl (C=O) groups is 1. The van der Waals surface area contributed by atoms with Gasteiger partial charge in [-0.25, -0.2) is 9.97 Å². The zero-order valence-corrected chi connectivity index (χ0v) is 22.0. The Bertz CT molecular complexity index is 1250. The average molecular weight is 532 g/mol. The van der Waals surface area contributed by atoms with Gasteiger partial charge in [0, 0.05) is 38.3 Å². The van der Waals surface area contributed by atoms with Gasteiger partial charge >= 0.3 is 6.18 Å². The number of pyridine rings is 2. The van der Waals surface area contributed by atoms with E-state index in [1.54, 1.807) is 18.9 Å². The number of alkyl halides is 3. The Labute approximate surface area is 220 Å². The van der Waals surface area contributed by atoms with Crippen molar-refractivity contribution in [3.05, 3.63) is 53.0 Å². The molecule has 1 amide bonds. The smallest absolute Gasteiger partial charge is 0.423 e. The largest absolute Gasteiger partial charge is 0.493 e. The summed E-state index contributed by atoms with van der Waals surface area (Å²) in [4.78, 5) is 27.5. The molecule has 4 heterocycles. The van der Waals surface area contributed by atoms with E-state index in [0.29, 0.717) is 61.9 Å². The summed E-state index contributed by atoms with van der Waals surface area (Å²) in [5, 5.41) is 2.95. The second-order valence-corrected chi connectivity index (χ2v) is 9.15. The summed E-state index contributed by atoms with van der Waals surface area (Å²) in [6, 6.07) is 5.00. The molecule has 8 nitrogen and oxygen atoms in total. The summed E-state index contributed by atoms with van der Waals surface area (Å²) >= 11 is 0. The number of nitrogens with zero attached hydrogens (tertiary/aromatic N) is 4. The van der Waals surface area contributed by atoms with Crippen LogP contribution in [0.2, 0.25) is 0 Å². The van der Waals surface area contributed by atoms with Crippen LogP contribution in [0.5, 0.6) is 5.75 Å². The molecule has 1 fully saturated rings. The van der Waals surface area contributed by atoms with Crippen molar-refractivity contribution in [2.75, 3.05) is 44.8 Å². The van der Waals surface area contributed by atoms with Gasteiger partial charge in [0.1, 0.15) is 22.8 Å². The van der Waals surface area contributed by atoms with Crippen molar-refractivity contribution in [3.8, 4) is 5.75 Å². The summed E-state index contributed by atoms with van der Waals surface area (Å²) in [7, 11) is 1.63. The van der Waals surface area contributed by atoms with E-state index in [-0.39, 0.29) is 24.1 Å². The topological polar surface area (TPSA) is 88.9 Å². The number of carbonyl (C=O) groups excluding carboxylic acids is 1. The van der Waals surface area contributed by atoms with Crippen molar-refractivity contribution >= 4 is 23.2 Å². The molecule has 2 aliphatic heterocycles. The van der Waals surface area contributed by atoms with Crippen molar-refractivity contribution in [1.29, 1.82) is 0 Å². The molecule has 0 atom stereocenters. The number of aliphatic imine (C=N–C) groups is 1. The van der Waals surface area contributed by atoms with Crippen LogP contribution in [0.15, 0.2) is 35.5 Å². The molecule has 1 N–H and O–H groups in total. The van der Waals surface area contributed by atoms with E-state index in [1.807, 2.05) is 32.1 Å². The van der Waals surface area contributed by atoms with Crippen LogP contribution >= 0.6 is 0 Å². The Kier molecular flexibility index (Phi) is 7.94. The van der Waals surface area contributed by atoms with E-state index in [4.69, 9.17) is 9.47 Å². The van der Waals surface area contributed by atoms with Crippen LogP contribution in [0, 0.1) is 0 Å².